The number of benzene rings is 1. The number of aromatic nitrogens is 2. The summed E-state index contributed by atoms with van der Waals surface area (Å²) in [5.41, 5.74) is 0.924. The molecule has 2 heterocycles. The van der Waals surface area contributed by atoms with Gasteiger partial charge in [-0.1, -0.05) is 23.2 Å². The van der Waals surface area contributed by atoms with E-state index < -0.39 is 0 Å². The van der Waals surface area contributed by atoms with Crippen LogP contribution in [0.15, 0.2) is 30.3 Å². The lowest BCUT2D eigenvalue weighted by atomic mass is 10.3. The van der Waals surface area contributed by atoms with Gasteiger partial charge in [0.2, 0.25) is 0 Å². The number of morpholine rings is 1. The van der Waals surface area contributed by atoms with Crippen molar-refractivity contribution in [3.63, 3.8) is 0 Å². The molecule has 138 valence electrons. The minimum absolute atomic E-state index is 0.248. The molecular formula is C17H19Cl2N5O2. The lowest BCUT2D eigenvalue weighted by Crippen LogP contribution is -2.41. The van der Waals surface area contributed by atoms with Crippen LogP contribution in [0.25, 0.3) is 0 Å². The number of anilines is 2. The minimum Gasteiger partial charge on any atom is -0.379 e. The fraction of sp³-hybridized carbons (Fsp3) is 0.353. The molecule has 1 fully saturated rings. The van der Waals surface area contributed by atoms with Gasteiger partial charge in [0.1, 0.15) is 0 Å². The van der Waals surface area contributed by atoms with Crippen molar-refractivity contribution in [2.24, 2.45) is 0 Å². The van der Waals surface area contributed by atoms with E-state index in [1.54, 1.807) is 30.3 Å². The first-order valence-electron chi connectivity index (χ1n) is 8.26. The Morgan fingerprint density at radius 3 is 2.65 bits per heavy atom. The van der Waals surface area contributed by atoms with E-state index in [1.807, 2.05) is 0 Å². The standard InChI is InChI=1S/C17H19Cl2N5O2/c18-12-1-2-14(13(19)11-12)21-16-4-3-15(22-23-16)17(25)20-5-6-24-7-9-26-10-8-24/h1-4,11H,5-10H2,(H,20,25)(H,21,23). The topological polar surface area (TPSA) is 79.4 Å². The predicted octanol–water partition coefficient (Wildman–Crippen LogP) is 2.59. The van der Waals surface area contributed by atoms with E-state index in [0.717, 1.165) is 32.8 Å². The molecule has 1 aromatic carbocycles. The van der Waals surface area contributed by atoms with Crippen LogP contribution in [0.3, 0.4) is 0 Å². The van der Waals surface area contributed by atoms with Crippen LogP contribution < -0.4 is 10.6 Å². The van der Waals surface area contributed by atoms with Gasteiger partial charge in [0.25, 0.3) is 5.91 Å². The Balaban J connectivity index is 1.50. The SMILES string of the molecule is O=C(NCCN1CCOCC1)c1ccc(Nc2ccc(Cl)cc2Cl)nn1. The third kappa shape index (κ3) is 5.28. The molecule has 0 atom stereocenters. The molecule has 1 aliphatic heterocycles. The van der Waals surface area contributed by atoms with Gasteiger partial charge in [-0.2, -0.15) is 0 Å². The number of halogens is 2. The van der Waals surface area contributed by atoms with Crippen molar-refractivity contribution in [2.45, 2.75) is 0 Å². The van der Waals surface area contributed by atoms with E-state index in [9.17, 15) is 4.79 Å². The van der Waals surface area contributed by atoms with Crippen LogP contribution >= 0.6 is 23.2 Å². The predicted molar refractivity (Wildman–Crippen MR) is 101 cm³/mol. The first kappa shape index (κ1) is 18.8. The molecule has 2 N–H and O–H groups in total. The quantitative estimate of drug-likeness (QED) is 0.782. The van der Waals surface area contributed by atoms with Crippen LogP contribution in [-0.2, 0) is 4.74 Å². The third-order valence-corrected chi connectivity index (χ3v) is 4.46. The summed E-state index contributed by atoms with van der Waals surface area (Å²) in [7, 11) is 0. The van der Waals surface area contributed by atoms with Crippen LogP contribution in [0.2, 0.25) is 10.0 Å². The summed E-state index contributed by atoms with van der Waals surface area (Å²) in [6.45, 7) is 4.61. The Bertz CT molecular complexity index is 751. The molecule has 1 aliphatic rings. The zero-order chi connectivity index (χ0) is 18.4. The van der Waals surface area contributed by atoms with E-state index in [-0.39, 0.29) is 11.6 Å². The largest absolute Gasteiger partial charge is 0.379 e. The second-order valence-corrected chi connectivity index (χ2v) is 6.61. The van der Waals surface area contributed by atoms with Gasteiger partial charge in [0.15, 0.2) is 11.5 Å². The Morgan fingerprint density at radius 2 is 1.96 bits per heavy atom. The van der Waals surface area contributed by atoms with Crippen LogP contribution in [0.5, 0.6) is 0 Å². The smallest absolute Gasteiger partial charge is 0.271 e. The minimum atomic E-state index is -0.248. The second-order valence-electron chi connectivity index (χ2n) is 5.76. The number of hydrogen-bond donors (Lipinski definition) is 2. The zero-order valence-electron chi connectivity index (χ0n) is 14.0. The molecule has 2 aromatic rings. The number of nitrogens with one attached hydrogen (secondary N) is 2. The highest BCUT2D eigenvalue weighted by atomic mass is 35.5. The fourth-order valence-electron chi connectivity index (χ4n) is 2.49. The maximum atomic E-state index is 12.1. The molecule has 0 radical (unpaired) electrons. The highest BCUT2D eigenvalue weighted by molar-refractivity contribution is 6.36. The van der Waals surface area contributed by atoms with Crippen LogP contribution in [0.4, 0.5) is 11.5 Å². The average molecular weight is 396 g/mol. The summed E-state index contributed by atoms with van der Waals surface area (Å²) in [5, 5.41) is 14.9. The maximum absolute atomic E-state index is 12.1. The van der Waals surface area contributed by atoms with E-state index >= 15 is 0 Å². The summed E-state index contributed by atoms with van der Waals surface area (Å²) < 4.78 is 5.30. The second kappa shape index (κ2) is 9.14. The number of ether oxygens (including phenoxy) is 1. The molecule has 0 bridgehead atoms. The van der Waals surface area contributed by atoms with Gasteiger partial charge >= 0.3 is 0 Å². The first-order chi connectivity index (χ1) is 12.6. The monoisotopic (exact) mass is 395 g/mol. The van der Waals surface area contributed by atoms with Crippen LogP contribution in [0, 0.1) is 0 Å². The van der Waals surface area contributed by atoms with E-state index in [0.29, 0.717) is 28.1 Å². The molecule has 3 rings (SSSR count). The van der Waals surface area contributed by atoms with Gasteiger partial charge in [-0.05, 0) is 30.3 Å². The molecule has 9 heteroatoms. The Labute approximate surface area is 161 Å². The molecule has 0 spiro atoms. The summed E-state index contributed by atoms with van der Waals surface area (Å²) in [4.78, 5) is 14.4. The third-order valence-electron chi connectivity index (χ3n) is 3.91. The number of nitrogens with zero attached hydrogens (tertiary/aromatic N) is 3. The molecule has 0 aliphatic carbocycles. The molecule has 1 saturated heterocycles. The highest BCUT2D eigenvalue weighted by Gasteiger charge is 2.12. The van der Waals surface area contributed by atoms with E-state index in [1.165, 1.54) is 0 Å². The summed E-state index contributed by atoms with van der Waals surface area (Å²) in [6.07, 6.45) is 0. The summed E-state index contributed by atoms with van der Waals surface area (Å²) in [6, 6.07) is 8.39. The molecule has 7 nitrogen and oxygen atoms in total. The van der Waals surface area contributed by atoms with Gasteiger partial charge < -0.3 is 15.4 Å². The molecule has 1 aromatic heterocycles. The summed E-state index contributed by atoms with van der Waals surface area (Å²) >= 11 is 12.0. The number of carbonyl (C=O) groups excluding carboxylic acids is 1. The highest BCUT2D eigenvalue weighted by Crippen LogP contribution is 2.27. The van der Waals surface area contributed by atoms with Gasteiger partial charge in [-0.25, -0.2) is 0 Å². The number of hydrogen-bond acceptors (Lipinski definition) is 6. The number of amides is 1. The fourth-order valence-corrected chi connectivity index (χ4v) is 2.95. The van der Waals surface area contributed by atoms with Crippen molar-refractivity contribution in [2.75, 3.05) is 44.7 Å². The van der Waals surface area contributed by atoms with Crippen molar-refractivity contribution < 1.29 is 9.53 Å². The van der Waals surface area contributed by atoms with E-state index in [2.05, 4.69) is 25.7 Å². The van der Waals surface area contributed by atoms with E-state index in [4.69, 9.17) is 27.9 Å². The van der Waals surface area contributed by atoms with Crippen molar-refractivity contribution in [1.82, 2.24) is 20.4 Å². The zero-order valence-corrected chi connectivity index (χ0v) is 15.6. The Morgan fingerprint density at radius 1 is 1.15 bits per heavy atom. The number of carbonyl (C=O) groups is 1. The first-order valence-corrected chi connectivity index (χ1v) is 9.01. The Hall–Kier alpha value is -1.93. The lowest BCUT2D eigenvalue weighted by molar-refractivity contribution is 0.0383. The summed E-state index contributed by atoms with van der Waals surface area (Å²) in [5.74, 6) is 0.237. The van der Waals surface area contributed by atoms with Gasteiger partial charge in [0.05, 0.1) is 23.9 Å². The molecule has 0 unspecified atom stereocenters. The number of rotatable bonds is 6. The van der Waals surface area contributed by atoms with Crippen molar-refractivity contribution in [1.29, 1.82) is 0 Å². The van der Waals surface area contributed by atoms with Crippen molar-refractivity contribution in [3.05, 3.63) is 46.1 Å². The van der Waals surface area contributed by atoms with Crippen LogP contribution in [0.1, 0.15) is 10.5 Å². The molecule has 26 heavy (non-hydrogen) atoms. The van der Waals surface area contributed by atoms with Crippen molar-refractivity contribution >= 4 is 40.6 Å². The lowest BCUT2D eigenvalue weighted by Gasteiger charge is -2.26. The van der Waals surface area contributed by atoms with Gasteiger partial charge in [-0.3, -0.25) is 9.69 Å². The molecular weight excluding hydrogens is 377 g/mol. The van der Waals surface area contributed by atoms with Gasteiger partial charge in [0, 0.05) is 31.2 Å². The normalized spacial score (nSPS) is 14.8. The van der Waals surface area contributed by atoms with Gasteiger partial charge in [-0.15, -0.1) is 10.2 Å². The Kier molecular flexibility index (Phi) is 6.62. The maximum Gasteiger partial charge on any atom is 0.271 e. The average Bonchev–Trinajstić information content (AvgIpc) is 2.65. The molecule has 1 amide bonds. The molecule has 0 saturated carbocycles. The van der Waals surface area contributed by atoms with Crippen molar-refractivity contribution in [3.8, 4) is 0 Å². The van der Waals surface area contributed by atoms with Crippen LogP contribution in [-0.4, -0.2) is 60.4 Å².